The van der Waals surface area contributed by atoms with Crippen LogP contribution in [0.2, 0.25) is 0 Å². The molecular formula is C26H24BrIN2O5S. The van der Waals surface area contributed by atoms with E-state index in [0.29, 0.717) is 40.0 Å². The third kappa shape index (κ3) is 5.16. The average Bonchev–Trinajstić information content (AvgIpc) is 3.11. The van der Waals surface area contributed by atoms with Crippen LogP contribution in [0.5, 0.6) is 11.5 Å². The zero-order valence-electron chi connectivity index (χ0n) is 20.0. The van der Waals surface area contributed by atoms with Crippen molar-refractivity contribution in [3.63, 3.8) is 0 Å². The summed E-state index contributed by atoms with van der Waals surface area (Å²) in [4.78, 5) is 32.0. The van der Waals surface area contributed by atoms with Crippen LogP contribution >= 0.6 is 49.9 Å². The zero-order valence-corrected chi connectivity index (χ0v) is 24.6. The standard InChI is InChI=1S/C26H24BrIN2O5S/c1-5-34-25(33)21-14(4)29-26-30(22(21)16-8-6-7-9-19(16)35-13(2)3)24(32)20(36-26)12-15-10-17(27)23(31)18(28)11-15/h6-13,22,31H,5H2,1-4H3/b20-12+/t22-/m1/s1. The molecule has 0 amide bonds. The van der Waals surface area contributed by atoms with Gasteiger partial charge in [0.2, 0.25) is 0 Å². The fraction of sp³-hybridized carbons (Fsp3) is 0.269. The van der Waals surface area contributed by atoms with Crippen LogP contribution in [0, 0.1) is 3.57 Å². The van der Waals surface area contributed by atoms with Crippen LogP contribution < -0.4 is 19.6 Å². The number of esters is 1. The number of benzene rings is 2. The summed E-state index contributed by atoms with van der Waals surface area (Å²) in [6, 6.07) is 10.2. The van der Waals surface area contributed by atoms with Gasteiger partial charge in [-0.05, 0) is 96.1 Å². The number of para-hydroxylation sites is 1. The molecule has 0 aliphatic carbocycles. The monoisotopic (exact) mass is 682 g/mol. The number of fused-ring (bicyclic) bond motifs is 1. The van der Waals surface area contributed by atoms with Gasteiger partial charge in [-0.25, -0.2) is 9.79 Å². The minimum absolute atomic E-state index is 0.103. The van der Waals surface area contributed by atoms with E-state index < -0.39 is 12.0 Å². The van der Waals surface area contributed by atoms with Crippen LogP contribution in [-0.4, -0.2) is 28.4 Å². The summed E-state index contributed by atoms with van der Waals surface area (Å²) < 4.78 is 14.6. The van der Waals surface area contributed by atoms with E-state index in [1.54, 1.807) is 36.6 Å². The summed E-state index contributed by atoms with van der Waals surface area (Å²) in [5.41, 5.74) is 1.94. The van der Waals surface area contributed by atoms with E-state index in [1.807, 2.05) is 60.7 Å². The highest BCUT2D eigenvalue weighted by molar-refractivity contribution is 14.1. The number of hydrogen-bond donors (Lipinski definition) is 1. The topological polar surface area (TPSA) is 90.1 Å². The van der Waals surface area contributed by atoms with Gasteiger partial charge < -0.3 is 14.6 Å². The van der Waals surface area contributed by atoms with E-state index in [0.717, 1.165) is 5.56 Å². The van der Waals surface area contributed by atoms with Crippen LogP contribution in [-0.2, 0) is 9.53 Å². The van der Waals surface area contributed by atoms with Gasteiger partial charge in [0.25, 0.3) is 5.56 Å². The van der Waals surface area contributed by atoms with Gasteiger partial charge >= 0.3 is 5.97 Å². The van der Waals surface area contributed by atoms with Crippen molar-refractivity contribution < 1.29 is 19.4 Å². The van der Waals surface area contributed by atoms with Crippen molar-refractivity contribution in [2.24, 2.45) is 4.99 Å². The number of carbonyl (C=O) groups is 1. The molecule has 0 saturated heterocycles. The Bertz CT molecular complexity index is 1530. The summed E-state index contributed by atoms with van der Waals surface area (Å²) in [7, 11) is 0. The summed E-state index contributed by atoms with van der Waals surface area (Å²) in [5.74, 6) is 0.209. The molecule has 7 nitrogen and oxygen atoms in total. The number of aromatic hydroxyl groups is 1. The van der Waals surface area contributed by atoms with Gasteiger partial charge in [0.15, 0.2) is 4.80 Å². The molecule has 1 atom stereocenters. The highest BCUT2D eigenvalue weighted by Gasteiger charge is 2.35. The molecule has 3 aromatic rings. The van der Waals surface area contributed by atoms with Crippen molar-refractivity contribution in [3.8, 4) is 11.5 Å². The molecule has 0 bridgehead atoms. The molecule has 0 saturated carbocycles. The maximum Gasteiger partial charge on any atom is 0.338 e. The fourth-order valence-corrected chi connectivity index (χ4v) is 6.52. The van der Waals surface area contributed by atoms with Crippen LogP contribution in [0.25, 0.3) is 6.08 Å². The van der Waals surface area contributed by atoms with Gasteiger partial charge in [0, 0.05) is 5.56 Å². The van der Waals surface area contributed by atoms with Crippen LogP contribution in [0.4, 0.5) is 0 Å². The minimum atomic E-state index is -0.760. The van der Waals surface area contributed by atoms with Crippen molar-refractivity contribution in [3.05, 3.63) is 86.5 Å². The molecule has 1 N–H and O–H groups in total. The second-order valence-electron chi connectivity index (χ2n) is 8.34. The molecule has 0 fully saturated rings. The van der Waals surface area contributed by atoms with E-state index in [4.69, 9.17) is 9.47 Å². The van der Waals surface area contributed by atoms with E-state index >= 15 is 0 Å². The SMILES string of the molecule is CCOC(=O)C1=C(C)N=c2s/c(=C/c3cc(Br)c(O)c(I)c3)c(=O)n2[C@@H]1c1ccccc1OC(C)C. The van der Waals surface area contributed by atoms with Crippen molar-refractivity contribution in [1.82, 2.24) is 4.57 Å². The molecule has 0 spiro atoms. The largest absolute Gasteiger partial charge is 0.506 e. The summed E-state index contributed by atoms with van der Waals surface area (Å²) >= 11 is 6.63. The predicted molar refractivity (Wildman–Crippen MR) is 151 cm³/mol. The number of allylic oxidation sites excluding steroid dienone is 1. The molecule has 10 heteroatoms. The normalized spacial score (nSPS) is 15.6. The molecule has 1 aromatic heterocycles. The predicted octanol–water partition coefficient (Wildman–Crippen LogP) is 4.66. The minimum Gasteiger partial charge on any atom is -0.506 e. The Morgan fingerprint density at radius 1 is 1.33 bits per heavy atom. The number of phenolic OH excluding ortho intramolecular Hbond substituents is 1. The van der Waals surface area contributed by atoms with Crippen molar-refractivity contribution >= 4 is 61.9 Å². The first-order valence-corrected chi connectivity index (χ1v) is 13.9. The highest BCUT2D eigenvalue weighted by atomic mass is 127. The van der Waals surface area contributed by atoms with E-state index in [2.05, 4.69) is 20.9 Å². The average molecular weight is 683 g/mol. The van der Waals surface area contributed by atoms with Gasteiger partial charge in [-0.1, -0.05) is 29.5 Å². The fourth-order valence-electron chi connectivity index (χ4n) is 3.97. The van der Waals surface area contributed by atoms with Crippen LogP contribution in [0.3, 0.4) is 0 Å². The van der Waals surface area contributed by atoms with Gasteiger partial charge in [-0.3, -0.25) is 9.36 Å². The number of thiazole rings is 1. The first-order valence-electron chi connectivity index (χ1n) is 11.3. The number of ether oxygens (including phenoxy) is 2. The Hall–Kier alpha value is -2.44. The molecule has 4 rings (SSSR count). The maximum atomic E-state index is 13.8. The molecule has 36 heavy (non-hydrogen) atoms. The van der Waals surface area contributed by atoms with Crippen molar-refractivity contribution in [2.45, 2.75) is 39.8 Å². The van der Waals surface area contributed by atoms with Gasteiger partial charge in [-0.15, -0.1) is 0 Å². The number of nitrogens with zero attached hydrogens (tertiary/aromatic N) is 2. The van der Waals surface area contributed by atoms with E-state index in [9.17, 15) is 14.7 Å². The Morgan fingerprint density at radius 3 is 2.72 bits per heavy atom. The smallest absolute Gasteiger partial charge is 0.338 e. The third-order valence-electron chi connectivity index (χ3n) is 5.43. The Kier molecular flexibility index (Phi) is 8.06. The summed E-state index contributed by atoms with van der Waals surface area (Å²) in [6.45, 7) is 7.54. The lowest BCUT2D eigenvalue weighted by Crippen LogP contribution is -2.40. The Balaban J connectivity index is 1.99. The molecule has 1 aliphatic heterocycles. The van der Waals surface area contributed by atoms with Gasteiger partial charge in [0.1, 0.15) is 17.5 Å². The first-order chi connectivity index (χ1) is 17.1. The Labute approximate surface area is 234 Å². The molecule has 0 unspecified atom stereocenters. The van der Waals surface area contributed by atoms with Crippen LogP contribution in [0.1, 0.15) is 44.9 Å². The van der Waals surface area contributed by atoms with Gasteiger partial charge in [0.05, 0.1) is 36.6 Å². The molecule has 2 heterocycles. The van der Waals surface area contributed by atoms with E-state index in [-0.39, 0.29) is 24.0 Å². The number of rotatable bonds is 6. The molecule has 188 valence electrons. The number of phenols is 1. The number of halogens is 2. The summed E-state index contributed by atoms with van der Waals surface area (Å²) in [6.07, 6.45) is 1.65. The maximum absolute atomic E-state index is 13.8. The molecule has 1 aliphatic rings. The lowest BCUT2D eigenvalue weighted by Gasteiger charge is -2.26. The summed E-state index contributed by atoms with van der Waals surface area (Å²) in [5, 5.41) is 10.1. The molecule has 2 aromatic carbocycles. The van der Waals surface area contributed by atoms with Crippen molar-refractivity contribution in [1.29, 1.82) is 0 Å². The first kappa shape index (κ1) is 26.6. The van der Waals surface area contributed by atoms with Gasteiger partial charge in [-0.2, -0.15) is 0 Å². The second kappa shape index (κ2) is 10.9. The lowest BCUT2D eigenvalue weighted by molar-refractivity contribution is -0.139. The third-order valence-corrected chi connectivity index (χ3v) is 7.84. The van der Waals surface area contributed by atoms with Crippen molar-refractivity contribution in [2.75, 3.05) is 6.61 Å². The molecular weight excluding hydrogens is 659 g/mol. The number of carbonyl (C=O) groups excluding carboxylic acids is 1. The molecule has 0 radical (unpaired) electrons. The zero-order chi connectivity index (χ0) is 26.1. The lowest BCUT2D eigenvalue weighted by atomic mass is 9.95. The number of aromatic nitrogens is 1. The highest BCUT2D eigenvalue weighted by Crippen LogP contribution is 2.36. The quantitative estimate of drug-likeness (QED) is 0.302. The second-order valence-corrected chi connectivity index (χ2v) is 11.4. The van der Waals surface area contributed by atoms with E-state index in [1.165, 1.54) is 11.3 Å². The Morgan fingerprint density at radius 2 is 2.06 bits per heavy atom. The van der Waals surface area contributed by atoms with Crippen LogP contribution in [0.15, 0.2) is 61.9 Å². The number of hydrogen-bond acceptors (Lipinski definition) is 7.